The minimum atomic E-state index is -0.577. The molecule has 44 heavy (non-hydrogen) atoms. The summed E-state index contributed by atoms with van der Waals surface area (Å²) in [6.45, 7) is 4.51. The summed E-state index contributed by atoms with van der Waals surface area (Å²) in [7, 11) is 0. The molecule has 7 N–H and O–H groups in total. The van der Waals surface area contributed by atoms with Crippen LogP contribution in [0.15, 0.2) is 61.1 Å². The number of ether oxygens (including phenoxy) is 1. The number of phenols is 1. The number of ketones is 1. The molecule has 0 aliphatic heterocycles. The number of aryl methyl sites for hydroxylation is 1. The molecule has 2 heterocycles. The Kier molecular flexibility index (Phi) is 12.5. The number of benzene rings is 2. The van der Waals surface area contributed by atoms with Crippen LogP contribution in [0.1, 0.15) is 100 Å². The quantitative estimate of drug-likeness (QED) is 0.0587. The van der Waals surface area contributed by atoms with Crippen LogP contribution in [0.25, 0.3) is 10.9 Å². The number of rotatable bonds is 19. The van der Waals surface area contributed by atoms with Crippen molar-refractivity contribution in [1.29, 1.82) is 0 Å². The fraction of sp³-hybridized carbons (Fsp3) is 0.472. The number of unbranched alkanes of at least 4 members (excludes halogenated alkanes) is 4. The molecule has 0 fully saturated rings. The Morgan fingerprint density at radius 1 is 0.977 bits per heavy atom. The first-order valence-corrected chi connectivity index (χ1v) is 16.2. The van der Waals surface area contributed by atoms with Crippen molar-refractivity contribution in [3.05, 3.63) is 83.3 Å². The first-order valence-electron chi connectivity index (χ1n) is 16.2. The van der Waals surface area contributed by atoms with Gasteiger partial charge in [0, 0.05) is 36.3 Å². The van der Waals surface area contributed by atoms with Crippen LogP contribution in [-0.2, 0) is 24.4 Å². The van der Waals surface area contributed by atoms with E-state index in [1.165, 1.54) is 0 Å². The topological polar surface area (TPSA) is 140 Å². The zero-order valence-electron chi connectivity index (χ0n) is 26.3. The Morgan fingerprint density at radius 2 is 1.75 bits per heavy atom. The summed E-state index contributed by atoms with van der Waals surface area (Å²) in [6.07, 6.45) is 14.2. The van der Waals surface area contributed by atoms with Crippen LogP contribution in [0.4, 0.5) is 0 Å². The maximum absolute atomic E-state index is 13.2. The Balaban J connectivity index is 1.36. The van der Waals surface area contributed by atoms with Crippen molar-refractivity contribution in [2.75, 3.05) is 0 Å². The number of aliphatic hydroxyl groups is 1. The van der Waals surface area contributed by atoms with Gasteiger partial charge in [0.2, 0.25) is 0 Å². The van der Waals surface area contributed by atoms with E-state index in [-0.39, 0.29) is 24.2 Å². The highest BCUT2D eigenvalue weighted by Crippen LogP contribution is 2.30. The summed E-state index contributed by atoms with van der Waals surface area (Å²) in [4.78, 5) is 16.6. The number of aromatic amines is 1. The molecule has 2 aromatic heterocycles. The van der Waals surface area contributed by atoms with Crippen molar-refractivity contribution in [2.45, 2.75) is 103 Å². The van der Waals surface area contributed by atoms with Gasteiger partial charge < -0.3 is 36.0 Å². The molecule has 4 aromatic rings. The van der Waals surface area contributed by atoms with Gasteiger partial charge in [-0.15, -0.1) is 0 Å². The number of hydrogen-bond donors (Lipinski definition) is 5. The number of Topliss-reactive ketones (excluding diaryl/α,β-unsaturated/α-hetero) is 1. The predicted molar refractivity (Wildman–Crippen MR) is 176 cm³/mol. The van der Waals surface area contributed by atoms with Crippen molar-refractivity contribution < 1.29 is 19.7 Å². The van der Waals surface area contributed by atoms with Gasteiger partial charge in [-0.3, -0.25) is 4.79 Å². The smallest absolute Gasteiger partial charge is 0.165 e. The second kappa shape index (κ2) is 16.5. The van der Waals surface area contributed by atoms with E-state index in [1.54, 1.807) is 6.07 Å². The van der Waals surface area contributed by atoms with Crippen molar-refractivity contribution in [2.24, 2.45) is 17.4 Å². The minimum Gasteiger partial charge on any atom is -0.504 e. The van der Waals surface area contributed by atoms with Crippen molar-refractivity contribution in [1.82, 2.24) is 9.55 Å². The minimum absolute atomic E-state index is 0.0558. The normalized spacial score (nSPS) is 13.0. The monoisotopic (exact) mass is 602 g/mol. The van der Waals surface area contributed by atoms with Crippen LogP contribution >= 0.6 is 0 Å². The molecule has 0 saturated carbocycles. The fourth-order valence-electron chi connectivity index (χ4n) is 5.89. The third-order valence-corrected chi connectivity index (χ3v) is 8.51. The molecule has 0 saturated heterocycles. The van der Waals surface area contributed by atoms with E-state index in [0.29, 0.717) is 25.0 Å². The number of phenolic OH excluding ortho intramolecular Hbond substituents is 1. The summed E-state index contributed by atoms with van der Waals surface area (Å²) in [6, 6.07) is 13.3. The Labute approximate surface area is 261 Å². The van der Waals surface area contributed by atoms with Crippen LogP contribution in [-0.4, -0.2) is 31.7 Å². The number of fused-ring (bicyclic) bond motifs is 1. The van der Waals surface area contributed by atoms with Crippen molar-refractivity contribution >= 4 is 16.7 Å². The van der Waals surface area contributed by atoms with E-state index in [2.05, 4.69) is 24.9 Å². The highest BCUT2D eigenvalue weighted by Gasteiger charge is 2.25. The first-order chi connectivity index (χ1) is 21.3. The van der Waals surface area contributed by atoms with Gasteiger partial charge in [-0.2, -0.15) is 0 Å². The summed E-state index contributed by atoms with van der Waals surface area (Å²) >= 11 is 0. The van der Waals surface area contributed by atoms with Crippen molar-refractivity contribution in [3.8, 4) is 11.5 Å². The highest BCUT2D eigenvalue weighted by molar-refractivity contribution is 5.83. The van der Waals surface area contributed by atoms with Crippen LogP contribution in [0.2, 0.25) is 0 Å². The number of carbonyl (C=O) groups is 1. The Morgan fingerprint density at radius 3 is 2.50 bits per heavy atom. The van der Waals surface area contributed by atoms with E-state index >= 15 is 0 Å². The predicted octanol–water partition coefficient (Wildman–Crippen LogP) is 6.86. The third-order valence-electron chi connectivity index (χ3n) is 8.51. The van der Waals surface area contributed by atoms with Gasteiger partial charge in [-0.1, -0.05) is 82.7 Å². The molecular formula is C36H50N4O4. The molecule has 0 aliphatic rings. The Bertz CT molecular complexity index is 1470. The lowest BCUT2D eigenvalue weighted by atomic mass is 9.86. The molecule has 0 radical (unpaired) electrons. The number of nitrogens with zero attached hydrogens (tertiary/aromatic N) is 1. The zero-order valence-corrected chi connectivity index (χ0v) is 26.3. The van der Waals surface area contributed by atoms with E-state index in [4.69, 9.17) is 16.2 Å². The second-order valence-corrected chi connectivity index (χ2v) is 12.1. The average molecular weight is 603 g/mol. The van der Waals surface area contributed by atoms with Crippen LogP contribution < -0.4 is 16.2 Å². The SMILES string of the molecule is CCCCCC(O)C(CCCCC)C(=O)CCc1ccc(O)c(OCn2cc3[nH]cc(Cc4cccc(C(N)N)c4)c3c2)c1. The molecule has 0 amide bonds. The number of carbonyl (C=O) groups excluding carboxylic acids is 1. The number of aromatic nitrogens is 2. The summed E-state index contributed by atoms with van der Waals surface area (Å²) in [5, 5.41) is 22.4. The van der Waals surface area contributed by atoms with Gasteiger partial charge in [0.15, 0.2) is 18.2 Å². The van der Waals surface area contributed by atoms with Crippen LogP contribution in [0, 0.1) is 5.92 Å². The number of aliphatic hydroxyl groups excluding tert-OH is 1. The lowest BCUT2D eigenvalue weighted by Gasteiger charge is -2.22. The molecular weight excluding hydrogens is 552 g/mol. The molecule has 8 heteroatoms. The zero-order chi connectivity index (χ0) is 31.5. The van der Waals surface area contributed by atoms with Crippen molar-refractivity contribution in [3.63, 3.8) is 0 Å². The third kappa shape index (κ3) is 9.21. The first kappa shape index (κ1) is 33.3. The largest absolute Gasteiger partial charge is 0.504 e. The van der Waals surface area contributed by atoms with E-state index in [9.17, 15) is 15.0 Å². The number of nitrogens with one attached hydrogen (secondary N) is 1. The van der Waals surface area contributed by atoms with E-state index in [1.807, 2.05) is 53.5 Å². The molecule has 2 atom stereocenters. The molecule has 2 aromatic carbocycles. The molecule has 4 rings (SSSR count). The second-order valence-electron chi connectivity index (χ2n) is 12.1. The van der Waals surface area contributed by atoms with E-state index in [0.717, 1.165) is 84.5 Å². The number of nitrogens with two attached hydrogens (primary N) is 2. The summed E-state index contributed by atoms with van der Waals surface area (Å²) in [5.41, 5.74) is 16.8. The maximum Gasteiger partial charge on any atom is 0.165 e. The molecule has 2 unspecified atom stereocenters. The molecule has 0 aliphatic carbocycles. The lowest BCUT2D eigenvalue weighted by molar-refractivity contribution is -0.126. The van der Waals surface area contributed by atoms with Gasteiger partial charge >= 0.3 is 0 Å². The number of aromatic hydroxyl groups is 1. The van der Waals surface area contributed by atoms with Gasteiger partial charge in [0.05, 0.1) is 17.8 Å². The Hall–Kier alpha value is -3.59. The van der Waals surface area contributed by atoms with Crippen LogP contribution in [0.5, 0.6) is 11.5 Å². The molecule has 238 valence electrons. The molecule has 0 spiro atoms. The van der Waals surface area contributed by atoms with Gasteiger partial charge in [0.1, 0.15) is 5.78 Å². The average Bonchev–Trinajstić information content (AvgIpc) is 3.59. The van der Waals surface area contributed by atoms with E-state index < -0.39 is 12.3 Å². The maximum atomic E-state index is 13.2. The molecule has 8 nitrogen and oxygen atoms in total. The van der Waals surface area contributed by atoms with Gasteiger partial charge in [-0.05, 0) is 60.1 Å². The fourth-order valence-corrected chi connectivity index (χ4v) is 5.89. The van der Waals surface area contributed by atoms with Crippen LogP contribution in [0.3, 0.4) is 0 Å². The summed E-state index contributed by atoms with van der Waals surface area (Å²) < 4.78 is 7.96. The van der Waals surface area contributed by atoms with Gasteiger partial charge in [0.25, 0.3) is 0 Å². The lowest BCUT2D eigenvalue weighted by Crippen LogP contribution is -2.28. The number of hydrogen-bond acceptors (Lipinski definition) is 6. The highest BCUT2D eigenvalue weighted by atomic mass is 16.5. The number of H-pyrrole nitrogens is 1. The molecule has 0 bridgehead atoms. The summed E-state index contributed by atoms with van der Waals surface area (Å²) in [5.74, 6) is 0.245. The van der Waals surface area contributed by atoms with Gasteiger partial charge in [-0.25, -0.2) is 0 Å². The standard InChI is InChI=1S/C36H50N4O4/c1-3-5-7-12-29(32(41)13-8-6-4-2)33(42)16-14-25-15-17-34(43)35(20-25)44-24-40-22-30-28(21-39-31(30)23-40)19-26-10-9-11-27(18-26)36(37)38/h9-11,15,17-18,20-23,29,32,36,39,41,43H,3-8,12-14,16,19,24,37-38H2,1-2H3.